The molecule has 1 heterocycles. The number of fused-ring (bicyclic) bond motifs is 1. The molecule has 1 fully saturated rings. The third-order valence-corrected chi connectivity index (χ3v) is 3.89. The van der Waals surface area contributed by atoms with Gasteiger partial charge in [0.25, 0.3) is 0 Å². The normalized spacial score (nSPS) is 19.0. The van der Waals surface area contributed by atoms with Gasteiger partial charge in [-0.1, -0.05) is 30.3 Å². The Hall–Kier alpha value is -1.94. The van der Waals surface area contributed by atoms with E-state index in [4.69, 9.17) is 4.74 Å². The fraction of sp³-hybridized carbons (Fsp3) is 0.353. The predicted octanol–water partition coefficient (Wildman–Crippen LogP) is 3.04. The van der Waals surface area contributed by atoms with Crippen molar-refractivity contribution in [2.75, 3.05) is 26.3 Å². The second kappa shape index (κ2) is 6.22. The van der Waals surface area contributed by atoms with Crippen molar-refractivity contribution < 1.29 is 13.9 Å². The monoisotopic (exact) mass is 287 g/mol. The van der Waals surface area contributed by atoms with Crippen LogP contribution in [0.4, 0.5) is 4.39 Å². The fourth-order valence-corrected chi connectivity index (χ4v) is 2.75. The van der Waals surface area contributed by atoms with Gasteiger partial charge < -0.3 is 4.74 Å². The van der Waals surface area contributed by atoms with E-state index < -0.39 is 0 Å². The first-order valence-corrected chi connectivity index (χ1v) is 7.24. The van der Waals surface area contributed by atoms with E-state index in [9.17, 15) is 9.18 Å². The van der Waals surface area contributed by atoms with Crippen molar-refractivity contribution in [3.8, 4) is 0 Å². The summed E-state index contributed by atoms with van der Waals surface area (Å²) < 4.78 is 17.8. The minimum Gasteiger partial charge on any atom is -0.457 e. The van der Waals surface area contributed by atoms with Crippen LogP contribution in [-0.4, -0.2) is 43.3 Å². The molecule has 21 heavy (non-hydrogen) atoms. The van der Waals surface area contributed by atoms with E-state index in [0.717, 1.165) is 23.7 Å². The topological polar surface area (TPSA) is 29.5 Å². The molecule has 1 unspecified atom stereocenters. The molecule has 0 spiro atoms. The van der Waals surface area contributed by atoms with E-state index in [0.29, 0.717) is 18.7 Å². The lowest BCUT2D eigenvalue weighted by Crippen LogP contribution is -2.26. The van der Waals surface area contributed by atoms with Crippen molar-refractivity contribution in [3.63, 3.8) is 0 Å². The molecule has 2 aromatic rings. The first kappa shape index (κ1) is 14.0. The van der Waals surface area contributed by atoms with Crippen LogP contribution in [0.3, 0.4) is 0 Å². The van der Waals surface area contributed by atoms with Gasteiger partial charge in [0.1, 0.15) is 12.8 Å². The first-order chi connectivity index (χ1) is 10.3. The zero-order valence-electron chi connectivity index (χ0n) is 11.8. The summed E-state index contributed by atoms with van der Waals surface area (Å²) >= 11 is 0. The molecule has 3 nitrogen and oxygen atoms in total. The number of carbonyl (C=O) groups is 1. The molecule has 3 rings (SSSR count). The second-order valence-electron chi connectivity index (χ2n) is 5.37. The van der Waals surface area contributed by atoms with Gasteiger partial charge in [-0.3, -0.25) is 4.90 Å². The number of ether oxygens (including phenoxy) is 1. The molecule has 110 valence electrons. The molecule has 0 amide bonds. The lowest BCUT2D eigenvalue weighted by Gasteiger charge is -2.14. The minimum atomic E-state index is -0.356. The summed E-state index contributed by atoms with van der Waals surface area (Å²) in [7, 11) is 0. The molecule has 2 aromatic carbocycles. The zero-order valence-corrected chi connectivity index (χ0v) is 11.8. The number of halogens is 1. The molecule has 0 radical (unpaired) electrons. The Morgan fingerprint density at radius 3 is 2.86 bits per heavy atom. The zero-order chi connectivity index (χ0) is 14.7. The molecule has 0 aliphatic carbocycles. The average molecular weight is 287 g/mol. The molecule has 1 atom stereocenters. The van der Waals surface area contributed by atoms with Crippen molar-refractivity contribution in [1.29, 1.82) is 0 Å². The lowest BCUT2D eigenvalue weighted by molar-refractivity contribution is 0.0321. The van der Waals surface area contributed by atoms with Gasteiger partial charge in [0, 0.05) is 19.6 Å². The van der Waals surface area contributed by atoms with Gasteiger partial charge in [-0.15, -0.1) is 0 Å². The summed E-state index contributed by atoms with van der Waals surface area (Å²) in [6.07, 6.45) is 0.648. The smallest absolute Gasteiger partial charge is 0.338 e. The molecule has 0 aromatic heterocycles. The highest BCUT2D eigenvalue weighted by atomic mass is 19.1. The average Bonchev–Trinajstić information content (AvgIpc) is 2.94. The van der Waals surface area contributed by atoms with Crippen molar-refractivity contribution in [3.05, 3.63) is 48.0 Å². The van der Waals surface area contributed by atoms with Crippen LogP contribution < -0.4 is 0 Å². The largest absolute Gasteiger partial charge is 0.457 e. The van der Waals surface area contributed by atoms with Gasteiger partial charge >= 0.3 is 5.97 Å². The molecule has 1 saturated heterocycles. The number of rotatable bonds is 4. The molecule has 1 aliphatic rings. The van der Waals surface area contributed by atoms with Crippen molar-refractivity contribution in [1.82, 2.24) is 4.90 Å². The van der Waals surface area contributed by atoms with E-state index >= 15 is 0 Å². The lowest BCUT2D eigenvalue weighted by atomic mass is 10.1. The standard InChI is InChI=1S/C17H18FNO2/c18-8-10-19-9-7-16(12-19)21-17(20)15-6-5-13-3-1-2-4-14(13)11-15/h1-6,11,16H,7-10,12H2. The Balaban J connectivity index is 1.67. The van der Waals surface area contributed by atoms with E-state index in [1.807, 2.05) is 41.3 Å². The number of hydrogen-bond acceptors (Lipinski definition) is 3. The molecular formula is C17H18FNO2. The fourth-order valence-electron chi connectivity index (χ4n) is 2.75. The van der Waals surface area contributed by atoms with Gasteiger partial charge in [-0.2, -0.15) is 0 Å². The van der Waals surface area contributed by atoms with Crippen molar-refractivity contribution in [2.45, 2.75) is 12.5 Å². The number of likely N-dealkylation sites (tertiary alicyclic amines) is 1. The maximum absolute atomic E-state index is 12.3. The summed E-state index contributed by atoms with van der Waals surface area (Å²) in [4.78, 5) is 14.2. The van der Waals surface area contributed by atoms with E-state index in [-0.39, 0.29) is 18.7 Å². The molecule has 4 heteroatoms. The van der Waals surface area contributed by atoms with Gasteiger partial charge in [0.15, 0.2) is 0 Å². The Bertz CT molecular complexity index is 643. The number of nitrogens with zero attached hydrogens (tertiary/aromatic N) is 1. The maximum atomic E-state index is 12.3. The van der Waals surface area contributed by atoms with E-state index in [2.05, 4.69) is 0 Å². The Labute approximate surface area is 123 Å². The van der Waals surface area contributed by atoms with Crippen molar-refractivity contribution >= 4 is 16.7 Å². The second-order valence-corrected chi connectivity index (χ2v) is 5.37. The third kappa shape index (κ3) is 3.22. The van der Waals surface area contributed by atoms with Crippen molar-refractivity contribution in [2.24, 2.45) is 0 Å². The van der Waals surface area contributed by atoms with Gasteiger partial charge in [0.2, 0.25) is 0 Å². The highest BCUT2D eigenvalue weighted by molar-refractivity contribution is 5.95. The van der Waals surface area contributed by atoms with Crippen LogP contribution in [0.25, 0.3) is 10.8 Å². The molecule has 0 N–H and O–H groups in total. The highest BCUT2D eigenvalue weighted by Crippen LogP contribution is 2.18. The Kier molecular flexibility index (Phi) is 4.15. The number of benzene rings is 2. The van der Waals surface area contributed by atoms with Gasteiger partial charge in [-0.05, 0) is 29.3 Å². The SMILES string of the molecule is O=C(OC1CCN(CCF)C1)c1ccc2ccccc2c1. The number of carbonyl (C=O) groups excluding carboxylic acids is 1. The summed E-state index contributed by atoms with van der Waals surface area (Å²) in [5.74, 6) is -0.298. The quantitative estimate of drug-likeness (QED) is 0.810. The summed E-state index contributed by atoms with van der Waals surface area (Å²) in [6.45, 7) is 1.48. The molecule has 1 aliphatic heterocycles. The van der Waals surface area contributed by atoms with Gasteiger partial charge in [-0.25, -0.2) is 9.18 Å². The van der Waals surface area contributed by atoms with E-state index in [1.165, 1.54) is 0 Å². The van der Waals surface area contributed by atoms with Crippen LogP contribution in [0.2, 0.25) is 0 Å². The first-order valence-electron chi connectivity index (χ1n) is 7.24. The van der Waals surface area contributed by atoms with Gasteiger partial charge in [0.05, 0.1) is 5.56 Å². The third-order valence-electron chi connectivity index (χ3n) is 3.89. The van der Waals surface area contributed by atoms with E-state index in [1.54, 1.807) is 6.07 Å². The van der Waals surface area contributed by atoms with Crippen LogP contribution in [0.1, 0.15) is 16.8 Å². The van der Waals surface area contributed by atoms with Crippen LogP contribution in [0, 0.1) is 0 Å². The molecule has 0 saturated carbocycles. The summed E-state index contributed by atoms with van der Waals surface area (Å²) in [6, 6.07) is 13.5. The number of hydrogen-bond donors (Lipinski definition) is 0. The summed E-state index contributed by atoms with van der Waals surface area (Å²) in [5.41, 5.74) is 0.567. The Morgan fingerprint density at radius 2 is 2.05 bits per heavy atom. The van der Waals surface area contributed by atoms with Crippen LogP contribution in [-0.2, 0) is 4.74 Å². The maximum Gasteiger partial charge on any atom is 0.338 e. The summed E-state index contributed by atoms with van der Waals surface area (Å²) in [5, 5.41) is 2.13. The highest BCUT2D eigenvalue weighted by Gasteiger charge is 2.25. The Morgan fingerprint density at radius 1 is 1.24 bits per heavy atom. The van der Waals surface area contributed by atoms with Crippen LogP contribution >= 0.6 is 0 Å². The molecular weight excluding hydrogens is 269 g/mol. The van der Waals surface area contributed by atoms with Crippen LogP contribution in [0.5, 0.6) is 0 Å². The number of alkyl halides is 1. The molecule has 0 bridgehead atoms. The number of esters is 1. The predicted molar refractivity (Wildman–Crippen MR) is 80.2 cm³/mol. The minimum absolute atomic E-state index is 0.129. The van der Waals surface area contributed by atoms with Crippen LogP contribution in [0.15, 0.2) is 42.5 Å².